The molecule has 2 fully saturated rings. The molecular weight excluding hydrogens is 453 g/mol. The van der Waals surface area contributed by atoms with E-state index in [1.54, 1.807) is 0 Å². The molecule has 1 aromatic carbocycles. The molecule has 2 aliphatic rings. The van der Waals surface area contributed by atoms with Gasteiger partial charge in [0.15, 0.2) is 7.85 Å². The van der Waals surface area contributed by atoms with E-state index >= 15 is 0 Å². The molecule has 0 amide bonds. The van der Waals surface area contributed by atoms with Gasteiger partial charge in [-0.1, -0.05) is 0 Å². The minimum absolute atomic E-state index is 0.0280. The fourth-order valence-electron chi connectivity index (χ4n) is 3.98. The van der Waals surface area contributed by atoms with Gasteiger partial charge in [0.2, 0.25) is 5.95 Å². The number of piperazine rings is 1. The fraction of sp³-hybridized carbons (Fsp3) is 0.381. The first-order valence-electron chi connectivity index (χ1n) is 10.7. The quantitative estimate of drug-likeness (QED) is 0.434. The maximum atomic E-state index is 13.6. The molecule has 2 aromatic heterocycles. The standard InChI is InChI=1S/C21H20BF4N7O/c22-20-29-21(30-33(20)15-8-13(23)7-14(24)9-15)28-17-5-12(19(25)26)6-18(27-17)32-3-1-31(2-4-32)16-10-34-11-16/h5-9,16,19H,1-4,10-11H2,(H,27,28,30). The lowest BCUT2D eigenvalue weighted by atomic mass is 10.1. The minimum Gasteiger partial charge on any atom is -0.378 e. The van der Waals surface area contributed by atoms with Crippen molar-refractivity contribution >= 4 is 31.2 Å². The highest BCUT2D eigenvalue weighted by atomic mass is 19.3. The van der Waals surface area contributed by atoms with Gasteiger partial charge in [0.1, 0.15) is 23.3 Å². The molecule has 0 atom stereocenters. The highest BCUT2D eigenvalue weighted by Crippen LogP contribution is 2.28. The smallest absolute Gasteiger partial charge is 0.264 e. The van der Waals surface area contributed by atoms with Crippen molar-refractivity contribution in [1.29, 1.82) is 0 Å². The summed E-state index contributed by atoms with van der Waals surface area (Å²) in [6.45, 7) is 4.28. The first-order valence-corrected chi connectivity index (χ1v) is 10.7. The van der Waals surface area contributed by atoms with E-state index in [0.717, 1.165) is 49.2 Å². The predicted octanol–water partition coefficient (Wildman–Crippen LogP) is 1.94. The third-order valence-corrected chi connectivity index (χ3v) is 5.83. The average Bonchev–Trinajstić information content (AvgIpc) is 3.12. The van der Waals surface area contributed by atoms with Gasteiger partial charge < -0.3 is 15.0 Å². The van der Waals surface area contributed by atoms with Crippen LogP contribution in [0.4, 0.5) is 35.1 Å². The van der Waals surface area contributed by atoms with E-state index in [0.29, 0.717) is 24.9 Å². The van der Waals surface area contributed by atoms with Crippen molar-refractivity contribution < 1.29 is 22.3 Å². The summed E-state index contributed by atoms with van der Waals surface area (Å²) >= 11 is 0. The van der Waals surface area contributed by atoms with Gasteiger partial charge in [0, 0.05) is 37.8 Å². The Kier molecular flexibility index (Phi) is 6.13. The SMILES string of the molecule is [B]c1nc(Nc2cc(C(F)F)cc(N3CCN(C4COC4)CC3)n2)nn1-c1cc(F)cc(F)c1. The first-order chi connectivity index (χ1) is 16.4. The van der Waals surface area contributed by atoms with E-state index in [4.69, 9.17) is 12.6 Å². The monoisotopic (exact) mass is 473 g/mol. The Balaban J connectivity index is 1.37. The number of halogens is 4. The topological polar surface area (TPSA) is 71.3 Å². The van der Waals surface area contributed by atoms with Crippen molar-refractivity contribution in [3.05, 3.63) is 47.5 Å². The lowest BCUT2D eigenvalue weighted by molar-refractivity contribution is -0.0661. The Morgan fingerprint density at radius 2 is 1.68 bits per heavy atom. The Morgan fingerprint density at radius 1 is 0.971 bits per heavy atom. The van der Waals surface area contributed by atoms with Gasteiger partial charge in [0.05, 0.1) is 30.7 Å². The van der Waals surface area contributed by atoms with E-state index in [-0.39, 0.29) is 28.7 Å². The summed E-state index contributed by atoms with van der Waals surface area (Å²) in [5.41, 5.74) is -0.323. The number of benzene rings is 1. The maximum absolute atomic E-state index is 13.6. The van der Waals surface area contributed by atoms with Crippen molar-refractivity contribution in [3.8, 4) is 5.69 Å². The second kappa shape index (κ2) is 9.22. The molecule has 176 valence electrons. The normalized spacial score (nSPS) is 17.3. The number of ether oxygens (including phenoxy) is 1. The molecule has 1 N–H and O–H groups in total. The molecule has 8 nitrogen and oxygen atoms in total. The largest absolute Gasteiger partial charge is 0.378 e. The molecule has 2 saturated heterocycles. The van der Waals surface area contributed by atoms with Crippen molar-refractivity contribution in [2.75, 3.05) is 49.6 Å². The first kappa shape index (κ1) is 22.6. The molecule has 13 heteroatoms. The Hall–Kier alpha value is -3.19. The Morgan fingerprint density at radius 3 is 2.29 bits per heavy atom. The molecule has 5 rings (SSSR count). The predicted molar refractivity (Wildman–Crippen MR) is 118 cm³/mol. The number of pyridine rings is 1. The summed E-state index contributed by atoms with van der Waals surface area (Å²) in [5.74, 6) is -1.16. The highest BCUT2D eigenvalue weighted by Gasteiger charge is 2.29. The molecule has 0 unspecified atom stereocenters. The summed E-state index contributed by atoms with van der Waals surface area (Å²) < 4.78 is 60.6. The second-order valence-corrected chi connectivity index (χ2v) is 8.12. The molecule has 0 aliphatic carbocycles. The van der Waals surface area contributed by atoms with Gasteiger partial charge >= 0.3 is 0 Å². The van der Waals surface area contributed by atoms with Gasteiger partial charge in [0.25, 0.3) is 6.43 Å². The molecule has 34 heavy (non-hydrogen) atoms. The van der Waals surface area contributed by atoms with Crippen LogP contribution in [-0.4, -0.2) is 77.9 Å². The van der Waals surface area contributed by atoms with Gasteiger partial charge in [-0.25, -0.2) is 32.2 Å². The molecule has 2 aliphatic heterocycles. The highest BCUT2D eigenvalue weighted by molar-refractivity contribution is 6.29. The summed E-state index contributed by atoms with van der Waals surface area (Å²) in [6, 6.07) is 5.79. The third kappa shape index (κ3) is 4.71. The van der Waals surface area contributed by atoms with Crippen LogP contribution in [0.5, 0.6) is 0 Å². The molecular formula is C21H20BF4N7O. The average molecular weight is 473 g/mol. The number of alkyl halides is 2. The van der Waals surface area contributed by atoms with E-state index in [1.807, 2.05) is 4.90 Å². The van der Waals surface area contributed by atoms with Crippen LogP contribution in [0.3, 0.4) is 0 Å². The van der Waals surface area contributed by atoms with Gasteiger partial charge in [-0.3, -0.25) is 4.90 Å². The van der Waals surface area contributed by atoms with Crippen molar-refractivity contribution in [3.63, 3.8) is 0 Å². The van der Waals surface area contributed by atoms with Crippen LogP contribution in [0, 0.1) is 11.6 Å². The molecule has 0 saturated carbocycles. The van der Waals surface area contributed by atoms with Crippen molar-refractivity contribution in [2.45, 2.75) is 12.5 Å². The lowest BCUT2D eigenvalue weighted by Crippen LogP contribution is -2.56. The number of hydrogen-bond donors (Lipinski definition) is 1. The molecule has 0 bridgehead atoms. The van der Waals surface area contributed by atoms with E-state index in [9.17, 15) is 17.6 Å². The number of hydrogen-bond acceptors (Lipinski definition) is 7. The van der Waals surface area contributed by atoms with E-state index in [1.165, 1.54) is 12.1 Å². The summed E-state index contributed by atoms with van der Waals surface area (Å²) in [7, 11) is 5.85. The van der Waals surface area contributed by atoms with Crippen LogP contribution in [0.15, 0.2) is 30.3 Å². The second-order valence-electron chi connectivity index (χ2n) is 8.12. The zero-order valence-corrected chi connectivity index (χ0v) is 18.0. The van der Waals surface area contributed by atoms with Gasteiger partial charge in [-0.2, -0.15) is 0 Å². The van der Waals surface area contributed by atoms with Crippen LogP contribution in [0.25, 0.3) is 5.69 Å². The Labute approximate surface area is 193 Å². The van der Waals surface area contributed by atoms with Crippen LogP contribution in [-0.2, 0) is 4.74 Å². The zero-order chi connectivity index (χ0) is 23.8. The number of anilines is 3. The number of aromatic nitrogens is 4. The number of nitrogens with zero attached hydrogens (tertiary/aromatic N) is 6. The van der Waals surface area contributed by atoms with Crippen LogP contribution >= 0.6 is 0 Å². The van der Waals surface area contributed by atoms with Gasteiger partial charge in [-0.15, -0.1) is 5.10 Å². The van der Waals surface area contributed by atoms with Crippen LogP contribution in [0.1, 0.15) is 12.0 Å². The maximum Gasteiger partial charge on any atom is 0.264 e. The van der Waals surface area contributed by atoms with Crippen molar-refractivity contribution in [1.82, 2.24) is 24.6 Å². The molecule has 4 heterocycles. The molecule has 3 aromatic rings. The molecule has 2 radical (unpaired) electrons. The lowest BCUT2D eigenvalue weighted by Gasteiger charge is -2.42. The third-order valence-electron chi connectivity index (χ3n) is 5.83. The van der Waals surface area contributed by atoms with Crippen LogP contribution in [0.2, 0.25) is 0 Å². The fourth-order valence-corrected chi connectivity index (χ4v) is 3.98. The summed E-state index contributed by atoms with van der Waals surface area (Å²) in [5, 5.41) is 6.87. The zero-order valence-electron chi connectivity index (χ0n) is 18.0. The minimum atomic E-state index is -2.71. The van der Waals surface area contributed by atoms with E-state index < -0.39 is 18.1 Å². The van der Waals surface area contributed by atoms with Crippen LogP contribution < -0.4 is 15.9 Å². The van der Waals surface area contributed by atoms with Crippen molar-refractivity contribution in [2.24, 2.45) is 0 Å². The van der Waals surface area contributed by atoms with E-state index in [2.05, 4.69) is 25.3 Å². The number of rotatable bonds is 6. The number of nitrogens with one attached hydrogen (secondary N) is 1. The van der Waals surface area contributed by atoms with Gasteiger partial charge in [-0.05, 0) is 24.3 Å². The Bertz CT molecular complexity index is 1160. The molecule has 0 spiro atoms. The summed E-state index contributed by atoms with van der Waals surface area (Å²) in [4.78, 5) is 12.8. The summed E-state index contributed by atoms with van der Waals surface area (Å²) in [6.07, 6.45) is -2.71.